The molecule has 2 nitrogen and oxygen atoms in total. The van der Waals surface area contributed by atoms with Crippen LogP contribution >= 0.6 is 0 Å². The molecule has 13 heavy (non-hydrogen) atoms. The number of nitrogens with two attached hydrogens (primary N) is 1. The summed E-state index contributed by atoms with van der Waals surface area (Å²) in [5.74, 6) is 1.87. The van der Waals surface area contributed by atoms with Gasteiger partial charge in [0.05, 0.1) is 0 Å². The van der Waals surface area contributed by atoms with E-state index in [1.807, 2.05) is 0 Å². The Balaban J connectivity index is 1.49. The minimum Gasteiger partial charge on any atom is -0.328 e. The lowest BCUT2D eigenvalue weighted by molar-refractivity contribution is 0.252. The van der Waals surface area contributed by atoms with Crippen molar-refractivity contribution in [1.29, 1.82) is 0 Å². The van der Waals surface area contributed by atoms with Gasteiger partial charge in [-0.15, -0.1) is 0 Å². The van der Waals surface area contributed by atoms with Gasteiger partial charge in [-0.3, -0.25) is 0 Å². The van der Waals surface area contributed by atoms with Crippen molar-refractivity contribution < 1.29 is 0 Å². The molecule has 0 saturated heterocycles. The smallest absolute Gasteiger partial charge is 0.00450 e. The molecule has 0 aromatic heterocycles. The van der Waals surface area contributed by atoms with Gasteiger partial charge in [0.1, 0.15) is 0 Å². The predicted molar refractivity (Wildman–Crippen MR) is 55.5 cm³/mol. The molecule has 0 atom stereocenters. The van der Waals surface area contributed by atoms with Crippen molar-refractivity contribution in [2.45, 2.75) is 44.6 Å². The molecule has 2 aliphatic carbocycles. The van der Waals surface area contributed by atoms with E-state index in [2.05, 4.69) is 5.32 Å². The average Bonchev–Trinajstić information content (AvgIpc) is 2.53. The molecule has 0 unspecified atom stereocenters. The van der Waals surface area contributed by atoms with Crippen molar-refractivity contribution >= 4 is 0 Å². The molecule has 3 N–H and O–H groups in total. The van der Waals surface area contributed by atoms with Crippen LogP contribution < -0.4 is 11.1 Å². The van der Waals surface area contributed by atoms with E-state index in [9.17, 15) is 0 Å². The lowest BCUT2D eigenvalue weighted by Crippen LogP contribution is -2.42. The maximum absolute atomic E-state index is 5.73. The SMILES string of the molecule is NC1CC(CNCC2CCCC2)C1. The third kappa shape index (κ3) is 2.68. The van der Waals surface area contributed by atoms with Crippen LogP contribution in [-0.2, 0) is 0 Å². The molecule has 2 rings (SSSR count). The Hall–Kier alpha value is -0.0800. The van der Waals surface area contributed by atoms with Crippen LogP contribution in [0.2, 0.25) is 0 Å². The summed E-state index contributed by atoms with van der Waals surface area (Å²) in [6, 6.07) is 0.512. The molecule has 0 aliphatic heterocycles. The van der Waals surface area contributed by atoms with Crippen molar-refractivity contribution in [3.8, 4) is 0 Å². The molecule has 2 heteroatoms. The van der Waals surface area contributed by atoms with Crippen LogP contribution in [0.1, 0.15) is 38.5 Å². The van der Waals surface area contributed by atoms with E-state index in [0.29, 0.717) is 6.04 Å². The molecule has 0 bridgehead atoms. The van der Waals surface area contributed by atoms with Crippen LogP contribution in [0, 0.1) is 11.8 Å². The Kier molecular flexibility index (Phi) is 3.23. The van der Waals surface area contributed by atoms with E-state index in [0.717, 1.165) is 11.8 Å². The van der Waals surface area contributed by atoms with Gasteiger partial charge in [0, 0.05) is 6.04 Å². The van der Waals surface area contributed by atoms with E-state index in [-0.39, 0.29) is 0 Å². The second-order valence-electron chi connectivity index (χ2n) is 4.91. The highest BCUT2D eigenvalue weighted by molar-refractivity contribution is 4.83. The first-order valence-corrected chi connectivity index (χ1v) is 5.81. The van der Waals surface area contributed by atoms with Crippen LogP contribution in [0.3, 0.4) is 0 Å². The second kappa shape index (κ2) is 4.43. The molecule has 0 amide bonds. The van der Waals surface area contributed by atoms with Crippen molar-refractivity contribution in [3.05, 3.63) is 0 Å². The number of hydrogen-bond donors (Lipinski definition) is 2. The molecule has 2 saturated carbocycles. The number of hydrogen-bond acceptors (Lipinski definition) is 2. The minimum absolute atomic E-state index is 0.512. The van der Waals surface area contributed by atoms with Crippen molar-refractivity contribution in [2.75, 3.05) is 13.1 Å². The summed E-state index contributed by atoms with van der Waals surface area (Å²) in [6.45, 7) is 2.47. The van der Waals surface area contributed by atoms with Crippen molar-refractivity contribution in [3.63, 3.8) is 0 Å². The van der Waals surface area contributed by atoms with E-state index in [1.54, 1.807) is 0 Å². The highest BCUT2D eigenvalue weighted by atomic mass is 14.9. The lowest BCUT2D eigenvalue weighted by atomic mass is 9.81. The summed E-state index contributed by atoms with van der Waals surface area (Å²) < 4.78 is 0. The van der Waals surface area contributed by atoms with Gasteiger partial charge in [0.2, 0.25) is 0 Å². The third-order valence-corrected chi connectivity index (χ3v) is 3.61. The molecular formula is C11H22N2. The van der Waals surface area contributed by atoms with Crippen LogP contribution in [0.15, 0.2) is 0 Å². The van der Waals surface area contributed by atoms with Crippen LogP contribution in [-0.4, -0.2) is 19.1 Å². The van der Waals surface area contributed by atoms with Gasteiger partial charge in [0.25, 0.3) is 0 Å². The van der Waals surface area contributed by atoms with Gasteiger partial charge >= 0.3 is 0 Å². The molecule has 76 valence electrons. The Morgan fingerprint density at radius 3 is 2.23 bits per heavy atom. The first-order chi connectivity index (χ1) is 6.34. The topological polar surface area (TPSA) is 38.0 Å². The molecular weight excluding hydrogens is 160 g/mol. The van der Waals surface area contributed by atoms with Gasteiger partial charge < -0.3 is 11.1 Å². The van der Waals surface area contributed by atoms with Crippen LogP contribution in [0.25, 0.3) is 0 Å². The Morgan fingerprint density at radius 2 is 1.62 bits per heavy atom. The monoisotopic (exact) mass is 182 g/mol. The summed E-state index contributed by atoms with van der Waals surface area (Å²) >= 11 is 0. The molecule has 0 radical (unpaired) electrons. The summed E-state index contributed by atoms with van der Waals surface area (Å²) in [5.41, 5.74) is 5.73. The molecule has 0 aromatic rings. The Labute approximate surface area is 81.3 Å². The van der Waals surface area contributed by atoms with E-state index < -0.39 is 0 Å². The number of nitrogens with one attached hydrogen (secondary N) is 1. The zero-order valence-electron chi connectivity index (χ0n) is 8.47. The zero-order chi connectivity index (χ0) is 9.10. The summed E-state index contributed by atoms with van der Waals surface area (Å²) in [6.07, 6.45) is 8.32. The van der Waals surface area contributed by atoms with Gasteiger partial charge in [-0.05, 0) is 50.6 Å². The highest BCUT2D eigenvalue weighted by Gasteiger charge is 2.25. The Bertz CT molecular complexity index is 146. The van der Waals surface area contributed by atoms with Gasteiger partial charge in [-0.2, -0.15) is 0 Å². The van der Waals surface area contributed by atoms with Crippen molar-refractivity contribution in [2.24, 2.45) is 17.6 Å². The molecule has 0 spiro atoms. The van der Waals surface area contributed by atoms with Gasteiger partial charge in [-0.1, -0.05) is 12.8 Å². The third-order valence-electron chi connectivity index (χ3n) is 3.61. The lowest BCUT2D eigenvalue weighted by Gasteiger charge is -2.32. The van der Waals surface area contributed by atoms with Gasteiger partial charge in [-0.25, -0.2) is 0 Å². The first kappa shape index (κ1) is 9.47. The average molecular weight is 182 g/mol. The highest BCUT2D eigenvalue weighted by Crippen LogP contribution is 2.26. The summed E-state index contributed by atoms with van der Waals surface area (Å²) in [5, 5.41) is 3.59. The van der Waals surface area contributed by atoms with E-state index in [1.165, 1.54) is 51.6 Å². The molecule has 0 aromatic carbocycles. The van der Waals surface area contributed by atoms with Crippen LogP contribution in [0.5, 0.6) is 0 Å². The van der Waals surface area contributed by atoms with E-state index >= 15 is 0 Å². The maximum atomic E-state index is 5.73. The molecule has 0 heterocycles. The second-order valence-corrected chi connectivity index (χ2v) is 4.91. The standard InChI is InChI=1S/C11H22N2/c12-11-5-10(6-11)8-13-7-9-3-1-2-4-9/h9-11,13H,1-8,12H2. The quantitative estimate of drug-likeness (QED) is 0.691. The Morgan fingerprint density at radius 1 is 1.00 bits per heavy atom. The maximum Gasteiger partial charge on any atom is 0.00450 e. The fourth-order valence-corrected chi connectivity index (χ4v) is 2.66. The van der Waals surface area contributed by atoms with Gasteiger partial charge in [0.15, 0.2) is 0 Å². The largest absolute Gasteiger partial charge is 0.328 e. The van der Waals surface area contributed by atoms with E-state index in [4.69, 9.17) is 5.73 Å². The minimum atomic E-state index is 0.512. The summed E-state index contributed by atoms with van der Waals surface area (Å²) in [4.78, 5) is 0. The zero-order valence-corrected chi connectivity index (χ0v) is 8.47. The summed E-state index contributed by atoms with van der Waals surface area (Å²) in [7, 11) is 0. The predicted octanol–water partition coefficient (Wildman–Crippen LogP) is 1.50. The van der Waals surface area contributed by atoms with Crippen molar-refractivity contribution in [1.82, 2.24) is 5.32 Å². The number of rotatable bonds is 4. The van der Waals surface area contributed by atoms with Crippen LogP contribution in [0.4, 0.5) is 0 Å². The fourth-order valence-electron chi connectivity index (χ4n) is 2.66. The first-order valence-electron chi connectivity index (χ1n) is 5.81. The molecule has 2 fully saturated rings. The fraction of sp³-hybridized carbons (Fsp3) is 1.00. The normalized spacial score (nSPS) is 34.8. The molecule has 2 aliphatic rings.